The first-order valence-corrected chi connectivity index (χ1v) is 4.84. The van der Waals surface area contributed by atoms with Gasteiger partial charge in [-0.25, -0.2) is 4.79 Å². The highest BCUT2D eigenvalue weighted by molar-refractivity contribution is 5.75. The van der Waals surface area contributed by atoms with Crippen molar-refractivity contribution in [3.05, 3.63) is 0 Å². The molecule has 17 heavy (non-hydrogen) atoms. The molecule has 0 aromatic carbocycles. The number of carbonyl (C=O) groups is 1. The van der Waals surface area contributed by atoms with Crippen molar-refractivity contribution in [1.29, 1.82) is 0 Å². The number of ether oxygens (including phenoxy) is 1. The Morgan fingerprint density at radius 3 is 2.59 bits per heavy atom. The van der Waals surface area contributed by atoms with Crippen molar-refractivity contribution in [3.63, 3.8) is 0 Å². The Bertz CT molecular complexity index is 256. The summed E-state index contributed by atoms with van der Waals surface area (Å²) in [5.41, 5.74) is 2.60. The SMILES string of the molecule is COCCONC1CN(OC(=O)C(F)(F)F)C1. The van der Waals surface area contributed by atoms with Crippen LogP contribution in [0, 0.1) is 0 Å². The average molecular weight is 258 g/mol. The van der Waals surface area contributed by atoms with Gasteiger partial charge in [-0.3, -0.25) is 4.84 Å². The van der Waals surface area contributed by atoms with Crippen LogP contribution in [0.2, 0.25) is 0 Å². The molecule has 1 heterocycles. The van der Waals surface area contributed by atoms with E-state index >= 15 is 0 Å². The van der Waals surface area contributed by atoms with Gasteiger partial charge in [0.05, 0.1) is 32.3 Å². The fraction of sp³-hybridized carbons (Fsp3) is 0.875. The molecule has 0 aromatic heterocycles. The van der Waals surface area contributed by atoms with Crippen LogP contribution in [-0.2, 0) is 19.2 Å². The topological polar surface area (TPSA) is 60.0 Å². The second-order valence-corrected chi connectivity index (χ2v) is 3.38. The van der Waals surface area contributed by atoms with Crippen molar-refractivity contribution in [3.8, 4) is 0 Å². The summed E-state index contributed by atoms with van der Waals surface area (Å²) in [7, 11) is 1.52. The normalized spacial score (nSPS) is 17.9. The number of carbonyl (C=O) groups excluding carboxylic acids is 1. The van der Waals surface area contributed by atoms with Crippen LogP contribution in [0.3, 0.4) is 0 Å². The molecule has 1 aliphatic heterocycles. The molecule has 0 spiro atoms. The molecule has 0 bridgehead atoms. The molecular weight excluding hydrogens is 245 g/mol. The molecular formula is C8H13F3N2O4. The van der Waals surface area contributed by atoms with Gasteiger partial charge < -0.3 is 9.57 Å². The smallest absolute Gasteiger partial charge is 0.382 e. The molecule has 100 valence electrons. The largest absolute Gasteiger partial charge is 0.492 e. The van der Waals surface area contributed by atoms with E-state index in [0.717, 1.165) is 5.06 Å². The summed E-state index contributed by atoms with van der Waals surface area (Å²) in [6.45, 7) is 1.03. The van der Waals surface area contributed by atoms with Crippen molar-refractivity contribution >= 4 is 5.97 Å². The summed E-state index contributed by atoms with van der Waals surface area (Å²) >= 11 is 0. The number of hydroxylamine groups is 3. The van der Waals surface area contributed by atoms with Crippen molar-refractivity contribution in [1.82, 2.24) is 10.5 Å². The summed E-state index contributed by atoms with van der Waals surface area (Å²) in [6.07, 6.45) is -4.96. The Labute approximate surface area is 95.5 Å². The van der Waals surface area contributed by atoms with Crippen LogP contribution >= 0.6 is 0 Å². The first-order chi connectivity index (χ1) is 7.93. The number of nitrogens with one attached hydrogen (secondary N) is 1. The summed E-state index contributed by atoms with van der Waals surface area (Å²) in [5, 5.41) is 0.910. The molecule has 1 rings (SSSR count). The quantitative estimate of drug-likeness (QED) is 0.528. The standard InChI is InChI=1S/C8H13F3N2O4/c1-15-2-3-16-12-6-4-13(5-6)17-7(14)8(9,10)11/h6,12H,2-5H2,1H3. The molecule has 9 heteroatoms. The van der Waals surface area contributed by atoms with E-state index in [1.54, 1.807) is 0 Å². The summed E-state index contributed by atoms with van der Waals surface area (Å²) in [4.78, 5) is 19.4. The van der Waals surface area contributed by atoms with Crippen LogP contribution in [0.4, 0.5) is 13.2 Å². The zero-order valence-electron chi connectivity index (χ0n) is 9.12. The summed E-state index contributed by atoms with van der Waals surface area (Å²) < 4.78 is 40.1. The van der Waals surface area contributed by atoms with Crippen LogP contribution in [0.25, 0.3) is 0 Å². The van der Waals surface area contributed by atoms with Crippen LogP contribution in [0.1, 0.15) is 0 Å². The van der Waals surface area contributed by atoms with Crippen LogP contribution in [0.5, 0.6) is 0 Å². The van der Waals surface area contributed by atoms with Gasteiger partial charge in [-0.15, -0.1) is 5.06 Å². The first-order valence-electron chi connectivity index (χ1n) is 4.84. The van der Waals surface area contributed by atoms with Crippen molar-refractivity contribution < 1.29 is 32.4 Å². The predicted octanol–water partition coefficient (Wildman–Crippen LogP) is -0.141. The first kappa shape index (κ1) is 14.2. The molecule has 0 aromatic rings. The van der Waals surface area contributed by atoms with Crippen LogP contribution < -0.4 is 5.48 Å². The van der Waals surface area contributed by atoms with Gasteiger partial charge >= 0.3 is 12.1 Å². The van der Waals surface area contributed by atoms with Gasteiger partial charge in [0.2, 0.25) is 0 Å². The minimum Gasteiger partial charge on any atom is -0.382 e. The third-order valence-corrected chi connectivity index (χ3v) is 1.93. The molecule has 0 unspecified atom stereocenters. The van der Waals surface area contributed by atoms with E-state index in [-0.39, 0.29) is 19.1 Å². The number of hydrogen-bond acceptors (Lipinski definition) is 6. The Balaban J connectivity index is 2.05. The Morgan fingerprint density at radius 2 is 2.06 bits per heavy atom. The number of alkyl halides is 3. The van der Waals surface area contributed by atoms with E-state index in [9.17, 15) is 18.0 Å². The molecule has 6 nitrogen and oxygen atoms in total. The molecule has 0 aliphatic carbocycles. The lowest BCUT2D eigenvalue weighted by Crippen LogP contribution is -2.58. The van der Waals surface area contributed by atoms with Crippen LogP contribution in [-0.4, -0.2) is 56.7 Å². The highest BCUT2D eigenvalue weighted by Crippen LogP contribution is 2.19. The maximum Gasteiger partial charge on any atom is 0.492 e. The molecule has 1 fully saturated rings. The highest BCUT2D eigenvalue weighted by Gasteiger charge is 2.44. The van der Waals surface area contributed by atoms with Crippen molar-refractivity contribution in [2.45, 2.75) is 12.2 Å². The maximum atomic E-state index is 11.8. The zero-order chi connectivity index (χ0) is 12.9. The predicted molar refractivity (Wildman–Crippen MR) is 48.5 cm³/mol. The van der Waals surface area contributed by atoms with E-state index in [0.29, 0.717) is 13.2 Å². The van der Waals surface area contributed by atoms with Gasteiger partial charge in [-0.1, -0.05) is 0 Å². The fourth-order valence-corrected chi connectivity index (χ4v) is 1.06. The minimum atomic E-state index is -4.96. The third-order valence-electron chi connectivity index (χ3n) is 1.93. The van der Waals surface area contributed by atoms with Gasteiger partial charge in [0.1, 0.15) is 0 Å². The van der Waals surface area contributed by atoms with E-state index in [1.807, 2.05) is 0 Å². The molecule has 0 atom stereocenters. The molecule has 0 saturated carbocycles. The van der Waals surface area contributed by atoms with Crippen molar-refractivity contribution in [2.75, 3.05) is 33.4 Å². The molecule has 0 radical (unpaired) electrons. The zero-order valence-corrected chi connectivity index (χ0v) is 9.12. The van der Waals surface area contributed by atoms with Gasteiger partial charge in [0, 0.05) is 7.11 Å². The number of methoxy groups -OCH3 is 1. The van der Waals surface area contributed by atoms with Gasteiger partial charge in [0.25, 0.3) is 0 Å². The summed E-state index contributed by atoms with van der Waals surface area (Å²) in [6, 6.07) is -0.159. The second kappa shape index (κ2) is 6.15. The Hall–Kier alpha value is -0.900. The summed E-state index contributed by atoms with van der Waals surface area (Å²) in [5.74, 6) is -2.21. The fourth-order valence-electron chi connectivity index (χ4n) is 1.06. The van der Waals surface area contributed by atoms with Gasteiger partial charge in [0.15, 0.2) is 0 Å². The molecule has 1 aliphatic rings. The van der Waals surface area contributed by atoms with E-state index in [2.05, 4.69) is 10.3 Å². The van der Waals surface area contributed by atoms with Gasteiger partial charge in [-0.2, -0.15) is 18.7 Å². The lowest BCUT2D eigenvalue weighted by molar-refractivity contribution is -0.258. The van der Waals surface area contributed by atoms with Gasteiger partial charge in [-0.05, 0) is 0 Å². The van der Waals surface area contributed by atoms with E-state index in [1.165, 1.54) is 7.11 Å². The number of hydrogen-bond donors (Lipinski definition) is 1. The van der Waals surface area contributed by atoms with Crippen molar-refractivity contribution in [2.24, 2.45) is 0 Å². The second-order valence-electron chi connectivity index (χ2n) is 3.38. The molecule has 1 N–H and O–H groups in total. The Morgan fingerprint density at radius 1 is 1.41 bits per heavy atom. The highest BCUT2D eigenvalue weighted by atomic mass is 19.4. The molecule has 1 saturated heterocycles. The molecule has 0 amide bonds. The lowest BCUT2D eigenvalue weighted by atomic mass is 10.2. The van der Waals surface area contributed by atoms with Crippen LogP contribution in [0.15, 0.2) is 0 Å². The minimum absolute atomic E-state index is 0.148. The van der Waals surface area contributed by atoms with E-state index < -0.39 is 12.1 Å². The maximum absolute atomic E-state index is 11.8. The average Bonchev–Trinajstić information content (AvgIpc) is 2.18. The Kier molecular flexibility index (Phi) is 5.12. The monoisotopic (exact) mass is 258 g/mol. The van der Waals surface area contributed by atoms with E-state index in [4.69, 9.17) is 9.57 Å². The number of nitrogens with zero attached hydrogens (tertiary/aromatic N) is 1. The number of rotatable bonds is 6. The lowest BCUT2D eigenvalue weighted by Gasteiger charge is -2.36. The third kappa shape index (κ3) is 4.86. The number of halogens is 3.